The maximum Gasteiger partial charge on any atom is 0.0121 e. The van der Waals surface area contributed by atoms with Gasteiger partial charge in [0.15, 0.2) is 0 Å². The molecule has 0 aromatic carbocycles. The third kappa shape index (κ3) is 5.73. The van der Waals surface area contributed by atoms with Crippen LogP contribution in [-0.4, -0.2) is 12.6 Å². The largest absolute Gasteiger partial charge is 0.313 e. The molecule has 0 bridgehead atoms. The molecule has 2 atom stereocenters. The molecule has 0 amide bonds. The second-order valence-corrected chi connectivity index (χ2v) is 6.35. The monoisotopic (exact) mass is 253 g/mol. The van der Waals surface area contributed by atoms with E-state index < -0.39 is 0 Å². The zero-order chi connectivity index (χ0) is 13.2. The molecule has 0 radical (unpaired) electrons. The van der Waals surface area contributed by atoms with Gasteiger partial charge >= 0.3 is 0 Å². The van der Waals surface area contributed by atoms with Gasteiger partial charge in [0, 0.05) is 6.04 Å². The Morgan fingerprint density at radius 2 is 1.56 bits per heavy atom. The topological polar surface area (TPSA) is 12.0 Å². The highest BCUT2D eigenvalue weighted by atomic mass is 14.9. The molecule has 2 unspecified atom stereocenters. The summed E-state index contributed by atoms with van der Waals surface area (Å²) in [5.41, 5.74) is 0. The molecule has 18 heavy (non-hydrogen) atoms. The fraction of sp³-hybridized carbons (Fsp3) is 1.00. The number of nitrogens with one attached hydrogen (secondary N) is 1. The maximum atomic E-state index is 3.87. The molecule has 0 aromatic rings. The van der Waals surface area contributed by atoms with E-state index in [1.807, 2.05) is 0 Å². The van der Waals surface area contributed by atoms with Crippen molar-refractivity contribution in [3.63, 3.8) is 0 Å². The Labute approximate surface area is 115 Å². The first kappa shape index (κ1) is 16.0. The Kier molecular flexibility index (Phi) is 8.75. The highest BCUT2D eigenvalue weighted by molar-refractivity contribution is 4.82. The van der Waals surface area contributed by atoms with E-state index in [4.69, 9.17) is 0 Å². The van der Waals surface area contributed by atoms with Crippen LogP contribution in [0.2, 0.25) is 0 Å². The third-order valence-corrected chi connectivity index (χ3v) is 4.64. The summed E-state index contributed by atoms with van der Waals surface area (Å²) in [7, 11) is 0. The van der Waals surface area contributed by atoms with Crippen molar-refractivity contribution < 1.29 is 0 Å². The molecular weight excluding hydrogens is 218 g/mol. The van der Waals surface area contributed by atoms with Crippen molar-refractivity contribution in [1.82, 2.24) is 5.32 Å². The Morgan fingerprint density at radius 1 is 0.944 bits per heavy atom. The lowest BCUT2D eigenvalue weighted by atomic mass is 9.79. The molecular formula is C17H35N. The van der Waals surface area contributed by atoms with Crippen LogP contribution in [0.5, 0.6) is 0 Å². The quantitative estimate of drug-likeness (QED) is 0.661. The van der Waals surface area contributed by atoms with Gasteiger partial charge in [0.2, 0.25) is 0 Å². The molecule has 1 saturated carbocycles. The van der Waals surface area contributed by atoms with Gasteiger partial charge in [-0.05, 0) is 44.1 Å². The Morgan fingerprint density at radius 3 is 2.11 bits per heavy atom. The van der Waals surface area contributed by atoms with E-state index in [9.17, 15) is 0 Å². The van der Waals surface area contributed by atoms with Crippen LogP contribution in [0.4, 0.5) is 0 Å². The zero-order valence-corrected chi connectivity index (χ0v) is 13.0. The van der Waals surface area contributed by atoms with Crippen LogP contribution in [0.25, 0.3) is 0 Å². The minimum Gasteiger partial charge on any atom is -0.313 e. The van der Waals surface area contributed by atoms with Gasteiger partial charge in [-0.15, -0.1) is 0 Å². The second kappa shape index (κ2) is 9.83. The van der Waals surface area contributed by atoms with Crippen molar-refractivity contribution >= 4 is 0 Å². The highest BCUT2D eigenvalue weighted by Gasteiger charge is 2.25. The van der Waals surface area contributed by atoms with E-state index in [0.29, 0.717) is 0 Å². The Hall–Kier alpha value is -0.0400. The molecule has 108 valence electrons. The standard InChI is InChI=1S/C17H35N/c1-4-11-15(3)17(18-14-5-2)16-12-9-7-6-8-10-13-16/h15-18H,4-14H2,1-3H3. The van der Waals surface area contributed by atoms with Crippen molar-refractivity contribution in [3.05, 3.63) is 0 Å². The summed E-state index contributed by atoms with van der Waals surface area (Å²) >= 11 is 0. The first-order valence-electron chi connectivity index (χ1n) is 8.53. The van der Waals surface area contributed by atoms with Crippen LogP contribution in [0.15, 0.2) is 0 Å². The first-order valence-corrected chi connectivity index (χ1v) is 8.53. The van der Waals surface area contributed by atoms with Gasteiger partial charge in [0.05, 0.1) is 0 Å². The molecule has 1 rings (SSSR count). The van der Waals surface area contributed by atoms with E-state index in [1.165, 1.54) is 70.8 Å². The minimum atomic E-state index is 0.781. The summed E-state index contributed by atoms with van der Waals surface area (Å²) in [6.07, 6.45) is 14.3. The van der Waals surface area contributed by atoms with Gasteiger partial charge in [-0.3, -0.25) is 0 Å². The summed E-state index contributed by atoms with van der Waals surface area (Å²) in [6, 6.07) is 0.781. The lowest BCUT2D eigenvalue weighted by Gasteiger charge is -2.34. The lowest BCUT2D eigenvalue weighted by Crippen LogP contribution is -2.42. The van der Waals surface area contributed by atoms with Crippen LogP contribution in [0.3, 0.4) is 0 Å². The van der Waals surface area contributed by atoms with E-state index in [2.05, 4.69) is 26.1 Å². The van der Waals surface area contributed by atoms with Crippen molar-refractivity contribution in [2.45, 2.75) is 91.0 Å². The van der Waals surface area contributed by atoms with E-state index in [1.54, 1.807) is 0 Å². The number of rotatable bonds is 7. The number of hydrogen-bond donors (Lipinski definition) is 1. The summed E-state index contributed by atoms with van der Waals surface area (Å²) in [6.45, 7) is 8.28. The van der Waals surface area contributed by atoms with Crippen molar-refractivity contribution in [3.8, 4) is 0 Å². The smallest absolute Gasteiger partial charge is 0.0121 e. The van der Waals surface area contributed by atoms with Crippen molar-refractivity contribution in [2.75, 3.05) is 6.54 Å². The lowest BCUT2D eigenvalue weighted by molar-refractivity contribution is 0.219. The van der Waals surface area contributed by atoms with Crippen molar-refractivity contribution in [2.24, 2.45) is 11.8 Å². The molecule has 1 N–H and O–H groups in total. The SMILES string of the molecule is CCCNC(C(C)CCC)C1CCCCCCC1. The van der Waals surface area contributed by atoms with Gasteiger partial charge in [0.1, 0.15) is 0 Å². The highest BCUT2D eigenvalue weighted by Crippen LogP contribution is 2.29. The fourth-order valence-corrected chi connectivity index (χ4v) is 3.63. The van der Waals surface area contributed by atoms with Gasteiger partial charge in [-0.1, -0.05) is 59.3 Å². The van der Waals surface area contributed by atoms with Gasteiger partial charge < -0.3 is 5.32 Å². The summed E-state index contributed by atoms with van der Waals surface area (Å²) in [5.74, 6) is 1.80. The van der Waals surface area contributed by atoms with E-state index >= 15 is 0 Å². The van der Waals surface area contributed by atoms with Crippen LogP contribution in [0, 0.1) is 11.8 Å². The summed E-state index contributed by atoms with van der Waals surface area (Å²) in [4.78, 5) is 0. The summed E-state index contributed by atoms with van der Waals surface area (Å²) in [5, 5.41) is 3.87. The average molecular weight is 253 g/mol. The first-order chi connectivity index (χ1) is 8.79. The van der Waals surface area contributed by atoms with Crippen LogP contribution >= 0.6 is 0 Å². The van der Waals surface area contributed by atoms with E-state index in [-0.39, 0.29) is 0 Å². The predicted octanol–water partition coefficient (Wildman–Crippen LogP) is 5.15. The van der Waals surface area contributed by atoms with Crippen LogP contribution in [-0.2, 0) is 0 Å². The van der Waals surface area contributed by atoms with Gasteiger partial charge in [-0.2, -0.15) is 0 Å². The van der Waals surface area contributed by atoms with Crippen molar-refractivity contribution in [1.29, 1.82) is 0 Å². The normalized spacial score (nSPS) is 22.2. The summed E-state index contributed by atoms with van der Waals surface area (Å²) < 4.78 is 0. The Bertz CT molecular complexity index is 182. The Balaban J connectivity index is 2.53. The molecule has 1 nitrogen and oxygen atoms in total. The molecule has 0 spiro atoms. The third-order valence-electron chi connectivity index (χ3n) is 4.64. The fourth-order valence-electron chi connectivity index (χ4n) is 3.63. The maximum absolute atomic E-state index is 3.87. The molecule has 0 heterocycles. The molecule has 1 fully saturated rings. The number of hydrogen-bond acceptors (Lipinski definition) is 1. The minimum absolute atomic E-state index is 0.781. The molecule has 0 aromatic heterocycles. The average Bonchev–Trinajstić information content (AvgIpc) is 2.31. The molecule has 0 aliphatic heterocycles. The molecule has 1 aliphatic carbocycles. The van der Waals surface area contributed by atoms with Crippen LogP contribution < -0.4 is 5.32 Å². The molecule has 1 heteroatoms. The van der Waals surface area contributed by atoms with Crippen LogP contribution in [0.1, 0.15) is 85.0 Å². The molecule has 1 aliphatic rings. The van der Waals surface area contributed by atoms with Gasteiger partial charge in [0.25, 0.3) is 0 Å². The van der Waals surface area contributed by atoms with Gasteiger partial charge in [-0.25, -0.2) is 0 Å². The van der Waals surface area contributed by atoms with E-state index in [0.717, 1.165) is 17.9 Å². The second-order valence-electron chi connectivity index (χ2n) is 6.35. The molecule has 0 saturated heterocycles. The predicted molar refractivity (Wildman–Crippen MR) is 82.0 cm³/mol. The zero-order valence-electron chi connectivity index (χ0n) is 13.0.